The van der Waals surface area contributed by atoms with Crippen molar-refractivity contribution in [2.45, 2.75) is 44.4 Å². The van der Waals surface area contributed by atoms with Gasteiger partial charge in [0.05, 0.1) is 6.04 Å². The zero-order chi connectivity index (χ0) is 15.6. The first-order valence-corrected chi connectivity index (χ1v) is 9.35. The predicted molar refractivity (Wildman–Crippen MR) is 87.3 cm³/mol. The van der Waals surface area contributed by atoms with E-state index >= 15 is 0 Å². The third-order valence-electron chi connectivity index (χ3n) is 7.12. The minimum Gasteiger partial charge on any atom is -0.373 e. The van der Waals surface area contributed by atoms with E-state index in [1.54, 1.807) is 0 Å². The summed E-state index contributed by atoms with van der Waals surface area (Å²) in [4.78, 5) is 17.6. The van der Waals surface area contributed by atoms with Crippen molar-refractivity contribution in [2.75, 3.05) is 19.6 Å². The normalized spacial score (nSPS) is 48.2. The molecule has 0 aromatic carbocycles. The first-order chi connectivity index (χ1) is 11.2. The second kappa shape index (κ2) is 5.18. The molecule has 4 heterocycles. The fourth-order valence-electron chi connectivity index (χ4n) is 5.98. The first-order valence-electron chi connectivity index (χ1n) is 9.35. The van der Waals surface area contributed by atoms with Crippen LogP contribution in [0.15, 0.2) is 23.8 Å². The fourth-order valence-corrected chi connectivity index (χ4v) is 5.98. The molecular weight excluding hydrogens is 288 g/mol. The Morgan fingerprint density at radius 3 is 2.70 bits per heavy atom. The summed E-state index contributed by atoms with van der Waals surface area (Å²) < 4.78 is 0. The van der Waals surface area contributed by atoms with E-state index in [4.69, 9.17) is 0 Å². The second-order valence-electron chi connectivity index (χ2n) is 8.12. The van der Waals surface area contributed by atoms with Gasteiger partial charge in [0.1, 0.15) is 6.23 Å². The van der Waals surface area contributed by atoms with Crippen LogP contribution in [0.25, 0.3) is 0 Å². The van der Waals surface area contributed by atoms with Crippen molar-refractivity contribution in [1.29, 1.82) is 0 Å². The lowest BCUT2D eigenvalue weighted by Gasteiger charge is -2.56. The van der Waals surface area contributed by atoms with E-state index in [0.29, 0.717) is 11.8 Å². The van der Waals surface area contributed by atoms with Gasteiger partial charge in [-0.15, -0.1) is 0 Å². The maximum Gasteiger partial charge on any atom is 0.252 e. The summed E-state index contributed by atoms with van der Waals surface area (Å²) in [5.74, 6) is 1.65. The summed E-state index contributed by atoms with van der Waals surface area (Å²) in [6.07, 6.45) is 11.5. The molecule has 6 rings (SSSR count). The molecule has 1 saturated carbocycles. The van der Waals surface area contributed by atoms with Crippen molar-refractivity contribution < 1.29 is 9.90 Å². The number of hydrogen-bond donors (Lipinski definition) is 1. The zero-order valence-corrected chi connectivity index (χ0v) is 13.6. The molecule has 2 aliphatic carbocycles. The number of allylic oxidation sites excluding steroid dienone is 3. The van der Waals surface area contributed by atoms with Gasteiger partial charge >= 0.3 is 0 Å². The number of hydrogen-bond acceptors (Lipinski definition) is 3. The lowest BCUT2D eigenvalue weighted by Crippen LogP contribution is -2.66. The summed E-state index contributed by atoms with van der Waals surface area (Å²) in [6.45, 7) is 3.29. The van der Waals surface area contributed by atoms with Gasteiger partial charge in [0.25, 0.3) is 5.91 Å². The van der Waals surface area contributed by atoms with Crippen LogP contribution in [0, 0.1) is 23.7 Å². The van der Waals surface area contributed by atoms with Gasteiger partial charge in [-0.3, -0.25) is 4.79 Å². The SMILES string of the molecule is O=C1C2=CC=CC3CCC[C@@H](C23)[C@@H](O)N1[C@@H]1CN2CCC1CC2. The highest BCUT2D eigenvalue weighted by atomic mass is 16.3. The number of carbonyl (C=O) groups excluding carboxylic acids is 1. The smallest absolute Gasteiger partial charge is 0.252 e. The molecule has 5 fully saturated rings. The van der Waals surface area contributed by atoms with Crippen LogP contribution in [0.4, 0.5) is 0 Å². The Morgan fingerprint density at radius 1 is 1.13 bits per heavy atom. The highest BCUT2D eigenvalue weighted by molar-refractivity contribution is 5.96. The van der Waals surface area contributed by atoms with Crippen LogP contribution < -0.4 is 0 Å². The molecule has 124 valence electrons. The molecule has 4 heteroatoms. The number of nitrogens with zero attached hydrogens (tertiary/aromatic N) is 2. The van der Waals surface area contributed by atoms with Crippen LogP contribution in [-0.4, -0.2) is 52.7 Å². The van der Waals surface area contributed by atoms with Gasteiger partial charge < -0.3 is 14.9 Å². The van der Waals surface area contributed by atoms with Crippen LogP contribution in [0.1, 0.15) is 32.1 Å². The molecule has 0 radical (unpaired) electrons. The zero-order valence-electron chi connectivity index (χ0n) is 13.6. The maximum absolute atomic E-state index is 13.2. The molecule has 4 aliphatic heterocycles. The Labute approximate surface area is 137 Å². The first kappa shape index (κ1) is 14.2. The Morgan fingerprint density at radius 2 is 1.96 bits per heavy atom. The molecule has 4 nitrogen and oxygen atoms in total. The number of amides is 1. The third-order valence-corrected chi connectivity index (χ3v) is 7.12. The van der Waals surface area contributed by atoms with Gasteiger partial charge in [0.15, 0.2) is 0 Å². The molecule has 1 N–H and O–H groups in total. The standard InChI is InChI=1S/C19H26N2O2/c22-18-14-5-1-3-13-4-2-6-15(17(13)14)19(23)21(18)16-11-20-9-7-12(16)8-10-20/h1,3,5,12-13,15-17,19,23H,2,4,6-11H2/t13?,15-,16+,17?,19+/m0/s1. The van der Waals surface area contributed by atoms with Crippen LogP contribution in [0.2, 0.25) is 0 Å². The number of rotatable bonds is 1. The molecular formula is C19H26N2O2. The van der Waals surface area contributed by atoms with Crippen LogP contribution >= 0.6 is 0 Å². The summed E-state index contributed by atoms with van der Waals surface area (Å²) >= 11 is 0. The summed E-state index contributed by atoms with van der Waals surface area (Å²) in [7, 11) is 0. The molecule has 0 aromatic rings. The molecule has 2 unspecified atom stereocenters. The average Bonchev–Trinajstić information content (AvgIpc) is 2.61. The van der Waals surface area contributed by atoms with Gasteiger partial charge in [-0.25, -0.2) is 0 Å². The van der Waals surface area contributed by atoms with Crippen LogP contribution in [0.3, 0.4) is 0 Å². The van der Waals surface area contributed by atoms with E-state index in [2.05, 4.69) is 17.1 Å². The second-order valence-corrected chi connectivity index (χ2v) is 8.12. The highest BCUT2D eigenvalue weighted by Gasteiger charge is 2.52. The largest absolute Gasteiger partial charge is 0.373 e. The molecule has 0 spiro atoms. The quantitative estimate of drug-likeness (QED) is 0.802. The van der Waals surface area contributed by atoms with Gasteiger partial charge in [0.2, 0.25) is 0 Å². The van der Waals surface area contributed by atoms with Crippen molar-refractivity contribution >= 4 is 5.91 Å². The summed E-state index contributed by atoms with van der Waals surface area (Å²) in [5, 5.41) is 11.1. The van der Waals surface area contributed by atoms with Crippen molar-refractivity contribution in [3.05, 3.63) is 23.8 Å². The number of likely N-dealkylation sites (tertiary alicyclic amines) is 1. The van der Waals surface area contributed by atoms with E-state index in [1.807, 2.05) is 11.0 Å². The van der Waals surface area contributed by atoms with E-state index in [-0.39, 0.29) is 23.8 Å². The number of aliphatic hydroxyl groups excluding tert-OH is 1. The minimum atomic E-state index is -0.579. The van der Waals surface area contributed by atoms with Crippen LogP contribution in [-0.2, 0) is 4.79 Å². The Bertz CT molecular complexity index is 576. The van der Waals surface area contributed by atoms with E-state index in [0.717, 1.165) is 25.0 Å². The minimum absolute atomic E-state index is 0.119. The lowest BCUT2D eigenvalue weighted by molar-refractivity contribution is -0.171. The summed E-state index contributed by atoms with van der Waals surface area (Å²) in [5.41, 5.74) is 0.976. The highest BCUT2D eigenvalue weighted by Crippen LogP contribution is 2.49. The van der Waals surface area contributed by atoms with Gasteiger partial charge in [-0.2, -0.15) is 0 Å². The van der Waals surface area contributed by atoms with Crippen molar-refractivity contribution in [3.63, 3.8) is 0 Å². The maximum atomic E-state index is 13.2. The molecule has 6 aliphatic rings. The Balaban J connectivity index is 1.51. The molecule has 23 heavy (non-hydrogen) atoms. The van der Waals surface area contributed by atoms with Gasteiger partial charge in [0, 0.05) is 24.0 Å². The number of carbonyl (C=O) groups is 1. The van der Waals surface area contributed by atoms with Gasteiger partial charge in [-0.1, -0.05) is 24.6 Å². The number of piperidine rings is 4. The van der Waals surface area contributed by atoms with E-state index < -0.39 is 6.23 Å². The van der Waals surface area contributed by atoms with Crippen molar-refractivity contribution in [1.82, 2.24) is 9.80 Å². The fraction of sp³-hybridized carbons (Fsp3) is 0.737. The molecule has 2 bridgehead atoms. The predicted octanol–water partition coefficient (Wildman–Crippen LogP) is 1.77. The lowest BCUT2D eigenvalue weighted by atomic mass is 9.63. The van der Waals surface area contributed by atoms with Gasteiger partial charge in [-0.05, 0) is 50.6 Å². The molecule has 5 atom stereocenters. The average molecular weight is 314 g/mol. The molecule has 4 saturated heterocycles. The Hall–Kier alpha value is -1.13. The molecule has 1 amide bonds. The number of fused-ring (bicyclic) bond motifs is 3. The van der Waals surface area contributed by atoms with Crippen molar-refractivity contribution in [3.8, 4) is 0 Å². The van der Waals surface area contributed by atoms with E-state index in [1.165, 1.54) is 32.4 Å². The van der Waals surface area contributed by atoms with Crippen LogP contribution in [0.5, 0.6) is 0 Å². The molecule has 0 aromatic heterocycles. The topological polar surface area (TPSA) is 43.8 Å². The van der Waals surface area contributed by atoms with Crippen molar-refractivity contribution in [2.24, 2.45) is 23.7 Å². The Kier molecular flexibility index (Phi) is 3.21. The summed E-state index contributed by atoms with van der Waals surface area (Å²) in [6, 6.07) is 0.216. The third kappa shape index (κ3) is 2.01. The van der Waals surface area contributed by atoms with E-state index in [9.17, 15) is 9.90 Å². The number of aliphatic hydroxyl groups is 1. The monoisotopic (exact) mass is 314 g/mol.